The van der Waals surface area contributed by atoms with Crippen LogP contribution in [-0.2, 0) is 0 Å². The minimum absolute atomic E-state index is 0.417. The summed E-state index contributed by atoms with van der Waals surface area (Å²) in [6.45, 7) is 5.83. The van der Waals surface area contributed by atoms with Crippen LogP contribution in [0.25, 0.3) is 0 Å². The number of fused-ring (bicyclic) bond motifs is 2. The Balaban J connectivity index is 2.15. The quantitative estimate of drug-likeness (QED) is 0.676. The van der Waals surface area contributed by atoms with Crippen molar-refractivity contribution >= 4 is 0 Å². The second-order valence-corrected chi connectivity index (χ2v) is 4.87. The second-order valence-electron chi connectivity index (χ2n) is 4.87. The zero-order chi connectivity index (χ0) is 10.2. The summed E-state index contributed by atoms with van der Waals surface area (Å²) >= 11 is 0. The smallest absolute Gasteiger partial charge is 0.0849 e. The summed E-state index contributed by atoms with van der Waals surface area (Å²) in [5.74, 6) is 0.833. The van der Waals surface area contributed by atoms with E-state index in [9.17, 15) is 5.11 Å². The van der Waals surface area contributed by atoms with Crippen LogP contribution < -0.4 is 5.73 Å². The van der Waals surface area contributed by atoms with E-state index in [-0.39, 0.29) is 0 Å². The van der Waals surface area contributed by atoms with Crippen LogP contribution in [0.1, 0.15) is 26.2 Å². The Kier molecular flexibility index (Phi) is 2.82. The first kappa shape index (κ1) is 10.4. The lowest BCUT2D eigenvalue weighted by molar-refractivity contribution is -0.132. The number of rotatable bonds is 2. The molecule has 1 aliphatic heterocycles. The molecule has 2 bridgehead atoms. The molecule has 1 aliphatic carbocycles. The zero-order valence-corrected chi connectivity index (χ0v) is 9.08. The molecule has 2 unspecified atom stereocenters. The van der Waals surface area contributed by atoms with Crippen molar-refractivity contribution in [1.82, 2.24) is 4.90 Å². The van der Waals surface area contributed by atoms with E-state index in [2.05, 4.69) is 11.8 Å². The van der Waals surface area contributed by atoms with Crippen LogP contribution in [-0.4, -0.2) is 41.8 Å². The number of likely N-dealkylation sites (tertiary alicyclic amines) is 1. The van der Waals surface area contributed by atoms with Crippen molar-refractivity contribution in [2.75, 3.05) is 26.2 Å². The first-order valence-electron chi connectivity index (χ1n) is 5.85. The molecular formula is C11H22N2O. The fraction of sp³-hybridized carbons (Fsp3) is 1.00. The summed E-state index contributed by atoms with van der Waals surface area (Å²) in [6, 6.07) is 0. The molecule has 82 valence electrons. The maximum Gasteiger partial charge on any atom is 0.0849 e. The van der Waals surface area contributed by atoms with E-state index in [1.54, 1.807) is 0 Å². The molecule has 2 atom stereocenters. The van der Waals surface area contributed by atoms with Gasteiger partial charge in [0.05, 0.1) is 5.60 Å². The van der Waals surface area contributed by atoms with Crippen LogP contribution in [0.15, 0.2) is 0 Å². The van der Waals surface area contributed by atoms with Crippen molar-refractivity contribution in [3.63, 3.8) is 0 Å². The number of nitrogens with zero attached hydrogens (tertiary/aromatic N) is 1. The predicted molar refractivity (Wildman–Crippen MR) is 56.9 cm³/mol. The summed E-state index contributed by atoms with van der Waals surface area (Å²) in [4.78, 5) is 2.46. The van der Waals surface area contributed by atoms with Gasteiger partial charge in [0.25, 0.3) is 0 Å². The summed E-state index contributed by atoms with van der Waals surface area (Å²) in [7, 11) is 0. The lowest BCUT2D eigenvalue weighted by Crippen LogP contribution is -2.63. The van der Waals surface area contributed by atoms with Crippen molar-refractivity contribution in [2.45, 2.75) is 31.8 Å². The van der Waals surface area contributed by atoms with E-state index in [0.29, 0.717) is 18.4 Å². The molecule has 2 fully saturated rings. The van der Waals surface area contributed by atoms with Gasteiger partial charge >= 0.3 is 0 Å². The molecule has 2 aliphatic rings. The fourth-order valence-electron chi connectivity index (χ4n) is 3.23. The van der Waals surface area contributed by atoms with Crippen molar-refractivity contribution in [2.24, 2.45) is 17.6 Å². The van der Waals surface area contributed by atoms with E-state index < -0.39 is 5.60 Å². The third kappa shape index (κ3) is 1.47. The van der Waals surface area contributed by atoms with E-state index in [1.165, 1.54) is 6.42 Å². The van der Waals surface area contributed by atoms with Gasteiger partial charge in [-0.05, 0) is 19.4 Å². The number of hydrogen-bond acceptors (Lipinski definition) is 3. The van der Waals surface area contributed by atoms with Crippen molar-refractivity contribution in [1.29, 1.82) is 0 Å². The van der Waals surface area contributed by atoms with E-state index in [0.717, 1.165) is 32.5 Å². The van der Waals surface area contributed by atoms with Crippen molar-refractivity contribution < 1.29 is 5.11 Å². The van der Waals surface area contributed by atoms with Gasteiger partial charge in [0.15, 0.2) is 0 Å². The maximum absolute atomic E-state index is 10.5. The Morgan fingerprint density at radius 3 is 2.36 bits per heavy atom. The average molecular weight is 198 g/mol. The molecule has 1 heterocycles. The van der Waals surface area contributed by atoms with E-state index in [4.69, 9.17) is 5.73 Å². The largest absolute Gasteiger partial charge is 0.388 e. The summed E-state index contributed by atoms with van der Waals surface area (Å²) in [5, 5.41) is 10.5. The van der Waals surface area contributed by atoms with Crippen LogP contribution in [0, 0.1) is 11.8 Å². The first-order valence-corrected chi connectivity index (χ1v) is 5.85. The van der Waals surface area contributed by atoms with Crippen molar-refractivity contribution in [3.05, 3.63) is 0 Å². The monoisotopic (exact) mass is 198 g/mol. The molecule has 1 saturated heterocycles. The Morgan fingerprint density at radius 2 is 1.93 bits per heavy atom. The van der Waals surface area contributed by atoms with Gasteiger partial charge in [-0.1, -0.05) is 13.3 Å². The average Bonchev–Trinajstić information content (AvgIpc) is 2.17. The van der Waals surface area contributed by atoms with Gasteiger partial charge in [0, 0.05) is 31.5 Å². The van der Waals surface area contributed by atoms with E-state index in [1.807, 2.05) is 0 Å². The minimum Gasteiger partial charge on any atom is -0.388 e. The molecule has 0 spiro atoms. The van der Waals surface area contributed by atoms with Crippen LogP contribution in [0.5, 0.6) is 0 Å². The topological polar surface area (TPSA) is 49.5 Å². The lowest BCUT2D eigenvalue weighted by Gasteiger charge is -2.52. The third-order valence-corrected chi connectivity index (χ3v) is 4.25. The van der Waals surface area contributed by atoms with Gasteiger partial charge in [0.1, 0.15) is 0 Å². The second kappa shape index (κ2) is 3.80. The van der Waals surface area contributed by atoms with Crippen LogP contribution in [0.3, 0.4) is 0 Å². The Labute approximate surface area is 86.3 Å². The van der Waals surface area contributed by atoms with Gasteiger partial charge in [-0.3, -0.25) is 0 Å². The SMILES string of the molecule is CCN1CC2CCCC(C1)C2(O)CN. The molecule has 0 amide bonds. The van der Waals surface area contributed by atoms with Gasteiger partial charge < -0.3 is 15.7 Å². The number of hydrogen-bond donors (Lipinski definition) is 2. The third-order valence-electron chi connectivity index (χ3n) is 4.25. The van der Waals surface area contributed by atoms with Crippen molar-refractivity contribution in [3.8, 4) is 0 Å². The van der Waals surface area contributed by atoms with Crippen LogP contribution in [0.2, 0.25) is 0 Å². The Morgan fingerprint density at radius 1 is 1.36 bits per heavy atom. The highest BCUT2D eigenvalue weighted by atomic mass is 16.3. The number of piperidine rings is 1. The van der Waals surface area contributed by atoms with Gasteiger partial charge in [0.2, 0.25) is 0 Å². The molecule has 3 nitrogen and oxygen atoms in total. The molecule has 0 aromatic carbocycles. The fourth-order valence-corrected chi connectivity index (χ4v) is 3.23. The standard InChI is InChI=1S/C11H22N2O/c1-2-13-6-9-4-3-5-10(7-13)11(9,14)8-12/h9-10,14H,2-8,12H2,1H3. The van der Waals surface area contributed by atoms with Gasteiger partial charge in [-0.25, -0.2) is 0 Å². The summed E-state index contributed by atoms with van der Waals surface area (Å²) < 4.78 is 0. The minimum atomic E-state index is -0.552. The molecule has 0 radical (unpaired) electrons. The van der Waals surface area contributed by atoms with Crippen LogP contribution >= 0.6 is 0 Å². The molecule has 3 heteroatoms. The molecule has 1 saturated carbocycles. The molecule has 0 aromatic rings. The highest BCUT2D eigenvalue weighted by Crippen LogP contribution is 2.42. The van der Waals surface area contributed by atoms with Gasteiger partial charge in [-0.15, -0.1) is 0 Å². The molecule has 2 rings (SSSR count). The highest BCUT2D eigenvalue weighted by molar-refractivity contribution is 5.02. The molecular weight excluding hydrogens is 176 g/mol. The lowest BCUT2D eigenvalue weighted by atomic mass is 9.65. The highest BCUT2D eigenvalue weighted by Gasteiger charge is 2.49. The van der Waals surface area contributed by atoms with E-state index >= 15 is 0 Å². The Hall–Kier alpha value is -0.120. The number of nitrogens with two attached hydrogens (primary N) is 1. The Bertz CT molecular complexity index is 193. The first-order chi connectivity index (χ1) is 6.70. The molecule has 14 heavy (non-hydrogen) atoms. The zero-order valence-electron chi connectivity index (χ0n) is 9.08. The molecule has 3 N–H and O–H groups in total. The number of aliphatic hydroxyl groups is 1. The summed E-state index contributed by atoms with van der Waals surface area (Å²) in [5.41, 5.74) is 5.19. The van der Waals surface area contributed by atoms with Crippen LogP contribution in [0.4, 0.5) is 0 Å². The van der Waals surface area contributed by atoms with Gasteiger partial charge in [-0.2, -0.15) is 0 Å². The summed E-state index contributed by atoms with van der Waals surface area (Å²) in [6.07, 6.45) is 3.58. The predicted octanol–water partition coefficient (Wildman–Crippen LogP) is 0.428. The molecule has 0 aromatic heterocycles. The maximum atomic E-state index is 10.5. The normalized spacial score (nSPS) is 43.9.